The molecule has 0 fully saturated rings. The molecule has 9 aromatic carbocycles. The summed E-state index contributed by atoms with van der Waals surface area (Å²) in [6, 6.07) is 85.2. The fraction of sp³-hybridized carbons (Fsp3) is 0. The Morgan fingerprint density at radius 1 is 0.271 bits per heavy atom. The first-order chi connectivity index (χ1) is 29.3. The third kappa shape index (κ3) is 6.08. The smallest absolute Gasteiger partial charge is 0.131 e. The highest BCUT2D eigenvalue weighted by Gasteiger charge is 2.23. The minimum Gasteiger partial charge on any atom is -0.311 e. The van der Waals surface area contributed by atoms with Gasteiger partial charge in [-0.15, -0.1) is 0 Å². The number of rotatable bonds is 8. The number of aromatic nitrogens is 2. The van der Waals surface area contributed by atoms with Crippen LogP contribution in [0.1, 0.15) is 0 Å². The summed E-state index contributed by atoms with van der Waals surface area (Å²) in [5.41, 5.74) is 16.2. The molecule has 0 aliphatic rings. The van der Waals surface area contributed by atoms with E-state index < -0.39 is 0 Å². The molecule has 0 spiro atoms. The molecule has 11 rings (SSSR count). The van der Waals surface area contributed by atoms with Crippen LogP contribution in [0.5, 0.6) is 0 Å². The van der Waals surface area contributed by atoms with Gasteiger partial charge in [0.05, 0.1) is 11.0 Å². The highest BCUT2D eigenvalue weighted by atomic mass is 15.2. The van der Waals surface area contributed by atoms with Crippen LogP contribution in [0.4, 0.5) is 17.1 Å². The zero-order chi connectivity index (χ0) is 39.1. The second-order valence-electron chi connectivity index (χ2n) is 15.0. The number of nitrogens with zero attached hydrogens (tertiary/aromatic N) is 3. The first-order valence-electron chi connectivity index (χ1n) is 20.2. The van der Waals surface area contributed by atoms with E-state index in [-0.39, 0.29) is 0 Å². The quantitative estimate of drug-likeness (QED) is 0.151. The molecule has 0 bridgehead atoms. The Labute approximate surface area is 343 Å². The lowest BCUT2D eigenvalue weighted by molar-refractivity contribution is 1.07. The van der Waals surface area contributed by atoms with Crippen LogP contribution < -0.4 is 4.90 Å². The van der Waals surface area contributed by atoms with Crippen LogP contribution in [0.25, 0.3) is 77.6 Å². The van der Waals surface area contributed by atoms with Crippen LogP contribution in [0.15, 0.2) is 237 Å². The Bertz CT molecular complexity index is 3120. The van der Waals surface area contributed by atoms with E-state index in [0.717, 1.165) is 34.1 Å². The first-order valence-corrected chi connectivity index (χ1v) is 20.2. The molecule has 0 radical (unpaired) electrons. The number of anilines is 3. The molecule has 0 amide bonds. The molecule has 0 aliphatic carbocycles. The molecule has 3 nitrogen and oxygen atoms in total. The summed E-state index contributed by atoms with van der Waals surface area (Å²) in [7, 11) is 0. The predicted octanol–water partition coefficient (Wildman–Crippen LogP) is 15.2. The number of hydrogen-bond donors (Lipinski definition) is 0. The van der Waals surface area contributed by atoms with Gasteiger partial charge in [-0.3, -0.25) is 9.13 Å². The van der Waals surface area contributed by atoms with Crippen LogP contribution in [0.2, 0.25) is 0 Å². The molecule has 0 unspecified atom stereocenters. The molecule has 0 atom stereocenters. The largest absolute Gasteiger partial charge is 0.311 e. The zero-order valence-corrected chi connectivity index (χ0v) is 32.4. The lowest BCUT2D eigenvalue weighted by Gasteiger charge is -2.26. The lowest BCUT2D eigenvalue weighted by atomic mass is 10.0. The van der Waals surface area contributed by atoms with E-state index in [0.29, 0.717) is 0 Å². The van der Waals surface area contributed by atoms with Gasteiger partial charge >= 0.3 is 0 Å². The SMILES string of the molecule is c1ccc(-c2ccc(N(c3ccc(-c4ccccc4)cc3)c3ccc(-n4c5ccccc5c5c6cc(-c7ccccc7)ccc6n(-c6ccccc6)c54)cc3)cc2)cc1. The van der Waals surface area contributed by atoms with Crippen molar-refractivity contribution in [3.05, 3.63) is 237 Å². The van der Waals surface area contributed by atoms with Crippen molar-refractivity contribution < 1.29 is 0 Å². The topological polar surface area (TPSA) is 13.1 Å². The summed E-state index contributed by atoms with van der Waals surface area (Å²) >= 11 is 0. The van der Waals surface area contributed by atoms with E-state index in [1.165, 1.54) is 60.6 Å². The van der Waals surface area contributed by atoms with Crippen molar-refractivity contribution in [2.45, 2.75) is 0 Å². The normalized spacial score (nSPS) is 11.4. The van der Waals surface area contributed by atoms with E-state index in [9.17, 15) is 0 Å². The van der Waals surface area contributed by atoms with Crippen LogP contribution in [0.3, 0.4) is 0 Å². The van der Waals surface area contributed by atoms with Crippen molar-refractivity contribution in [3.63, 3.8) is 0 Å². The van der Waals surface area contributed by atoms with Gasteiger partial charge in [0, 0.05) is 44.6 Å². The molecule has 3 heteroatoms. The van der Waals surface area contributed by atoms with Crippen LogP contribution >= 0.6 is 0 Å². The van der Waals surface area contributed by atoms with Crippen LogP contribution in [-0.2, 0) is 0 Å². The van der Waals surface area contributed by atoms with Gasteiger partial charge in [-0.25, -0.2) is 0 Å². The molecule has 11 aromatic rings. The second kappa shape index (κ2) is 14.6. The molecular formula is C56H39N3. The van der Waals surface area contributed by atoms with E-state index in [1.807, 2.05) is 0 Å². The minimum atomic E-state index is 1.08. The Morgan fingerprint density at radius 2 is 0.644 bits per heavy atom. The average Bonchev–Trinajstić information content (AvgIpc) is 3.83. The molecule has 2 aromatic heterocycles. The molecule has 2 heterocycles. The van der Waals surface area contributed by atoms with Crippen molar-refractivity contribution in [1.82, 2.24) is 9.13 Å². The zero-order valence-electron chi connectivity index (χ0n) is 32.4. The number of fused-ring (bicyclic) bond motifs is 5. The van der Waals surface area contributed by atoms with Crippen molar-refractivity contribution >= 4 is 49.9 Å². The summed E-state index contributed by atoms with van der Waals surface area (Å²) in [6.07, 6.45) is 0. The maximum Gasteiger partial charge on any atom is 0.131 e. The molecule has 0 saturated carbocycles. The number of para-hydroxylation sites is 2. The van der Waals surface area contributed by atoms with Crippen molar-refractivity contribution in [1.29, 1.82) is 0 Å². The Hall–Kier alpha value is -7.88. The van der Waals surface area contributed by atoms with Gasteiger partial charge in [-0.2, -0.15) is 0 Å². The highest BCUT2D eigenvalue weighted by molar-refractivity contribution is 6.23. The second-order valence-corrected chi connectivity index (χ2v) is 15.0. The molecule has 59 heavy (non-hydrogen) atoms. The summed E-state index contributed by atoms with van der Waals surface area (Å²) < 4.78 is 4.87. The van der Waals surface area contributed by atoms with Gasteiger partial charge in [0.15, 0.2) is 0 Å². The predicted molar refractivity (Wildman–Crippen MR) is 249 cm³/mol. The van der Waals surface area contributed by atoms with Crippen LogP contribution in [0, 0.1) is 0 Å². The molecule has 0 aliphatic heterocycles. The first kappa shape index (κ1) is 34.4. The van der Waals surface area contributed by atoms with Gasteiger partial charge in [0.1, 0.15) is 5.65 Å². The Balaban J connectivity index is 1.08. The molecule has 0 N–H and O–H groups in total. The third-order valence-corrected chi connectivity index (χ3v) is 11.5. The molecule has 278 valence electrons. The Kier molecular flexibility index (Phi) is 8.49. The molecular weight excluding hydrogens is 715 g/mol. The van der Waals surface area contributed by atoms with E-state index >= 15 is 0 Å². The monoisotopic (exact) mass is 753 g/mol. The van der Waals surface area contributed by atoms with Gasteiger partial charge in [-0.05, 0) is 112 Å². The summed E-state index contributed by atoms with van der Waals surface area (Å²) in [5, 5.41) is 3.72. The van der Waals surface area contributed by atoms with E-state index in [1.54, 1.807) is 0 Å². The van der Waals surface area contributed by atoms with Crippen molar-refractivity contribution in [2.75, 3.05) is 4.90 Å². The molecule has 0 saturated heterocycles. The maximum atomic E-state index is 2.44. The maximum absolute atomic E-state index is 2.44. The number of hydrogen-bond acceptors (Lipinski definition) is 1. The van der Waals surface area contributed by atoms with E-state index in [4.69, 9.17) is 0 Å². The fourth-order valence-corrected chi connectivity index (χ4v) is 8.72. The summed E-state index contributed by atoms with van der Waals surface area (Å²) in [6.45, 7) is 0. The standard InChI is InChI=1S/C56H39N3/c1-5-15-40(16-6-1)43-25-30-47(31-26-43)57(48-32-27-44(28-33-48)41-17-7-2-8-18-41)49-34-36-50(37-35-49)59-53-24-14-13-23-51(53)55-52-39-45(42-19-9-3-10-20-42)29-38-54(52)58(56(55)59)46-21-11-4-12-22-46/h1-39H. The van der Waals surface area contributed by atoms with Crippen molar-refractivity contribution in [2.24, 2.45) is 0 Å². The highest BCUT2D eigenvalue weighted by Crippen LogP contribution is 2.43. The minimum absolute atomic E-state index is 1.08. The van der Waals surface area contributed by atoms with E-state index in [2.05, 4.69) is 251 Å². The average molecular weight is 754 g/mol. The van der Waals surface area contributed by atoms with Gasteiger partial charge in [0.2, 0.25) is 0 Å². The van der Waals surface area contributed by atoms with Crippen molar-refractivity contribution in [3.8, 4) is 44.8 Å². The number of benzene rings is 9. The lowest BCUT2D eigenvalue weighted by Crippen LogP contribution is -2.10. The van der Waals surface area contributed by atoms with Gasteiger partial charge < -0.3 is 4.90 Å². The Morgan fingerprint density at radius 3 is 1.17 bits per heavy atom. The summed E-state index contributed by atoms with van der Waals surface area (Å²) in [4.78, 5) is 2.35. The third-order valence-electron chi connectivity index (χ3n) is 11.5. The fourth-order valence-electron chi connectivity index (χ4n) is 8.72. The van der Waals surface area contributed by atoms with Gasteiger partial charge in [0.25, 0.3) is 0 Å². The summed E-state index contributed by atoms with van der Waals surface area (Å²) in [5.74, 6) is 0. The van der Waals surface area contributed by atoms with Gasteiger partial charge in [-0.1, -0.05) is 158 Å². The van der Waals surface area contributed by atoms with Crippen LogP contribution in [-0.4, -0.2) is 9.13 Å².